The van der Waals surface area contributed by atoms with Crippen molar-refractivity contribution in [1.82, 2.24) is 0 Å². The van der Waals surface area contributed by atoms with Crippen molar-refractivity contribution in [1.29, 1.82) is 0 Å². The van der Waals surface area contributed by atoms with Gasteiger partial charge in [0.25, 0.3) is 0 Å². The van der Waals surface area contributed by atoms with Gasteiger partial charge in [0.2, 0.25) is 0 Å². The molecule has 1 rings (SSSR count). The van der Waals surface area contributed by atoms with E-state index in [0.29, 0.717) is 11.1 Å². The fourth-order valence-electron chi connectivity index (χ4n) is 1.36. The third kappa shape index (κ3) is 3.03. The van der Waals surface area contributed by atoms with Crippen molar-refractivity contribution < 1.29 is 14.3 Å². The molecule has 3 heteroatoms. The van der Waals surface area contributed by atoms with Crippen LogP contribution in [-0.2, 0) is 4.74 Å². The molecule has 0 saturated heterocycles. The highest BCUT2D eigenvalue weighted by Gasteiger charge is 2.16. The Morgan fingerprint density at radius 1 is 1.18 bits per heavy atom. The number of allylic oxidation sites excluding steroid dienone is 1. The first-order valence-electron chi connectivity index (χ1n) is 5.35. The monoisotopic (exact) mass is 232 g/mol. The van der Waals surface area contributed by atoms with E-state index >= 15 is 0 Å². The van der Waals surface area contributed by atoms with Crippen LogP contribution in [0.5, 0.6) is 0 Å². The van der Waals surface area contributed by atoms with Crippen molar-refractivity contribution in [2.75, 3.05) is 7.11 Å². The second-order valence-electron chi connectivity index (χ2n) is 4.00. The molecule has 0 amide bonds. The Hall–Kier alpha value is -1.90. The maximum absolute atomic E-state index is 12.0. The van der Waals surface area contributed by atoms with E-state index in [1.165, 1.54) is 7.11 Å². The van der Waals surface area contributed by atoms with Gasteiger partial charge < -0.3 is 4.74 Å². The lowest BCUT2D eigenvalue weighted by atomic mass is 9.93. The van der Waals surface area contributed by atoms with Gasteiger partial charge in [-0.2, -0.15) is 0 Å². The minimum absolute atomic E-state index is 0.00826. The van der Waals surface area contributed by atoms with Crippen molar-refractivity contribution >= 4 is 11.8 Å². The number of carbonyl (C=O) groups is 2. The van der Waals surface area contributed by atoms with Crippen molar-refractivity contribution in [3.63, 3.8) is 0 Å². The third-order valence-electron chi connectivity index (χ3n) is 2.72. The lowest BCUT2D eigenvalue weighted by Crippen LogP contribution is -2.12. The second kappa shape index (κ2) is 5.43. The number of methoxy groups -OCH3 is 1. The highest BCUT2D eigenvalue weighted by Crippen LogP contribution is 2.16. The highest BCUT2D eigenvalue weighted by molar-refractivity contribution is 6.00. The van der Waals surface area contributed by atoms with Gasteiger partial charge >= 0.3 is 5.97 Å². The van der Waals surface area contributed by atoms with Crippen LogP contribution >= 0.6 is 0 Å². The molecular formula is C14H16O3. The summed E-state index contributed by atoms with van der Waals surface area (Å²) in [6.45, 7) is 7.41. The van der Waals surface area contributed by atoms with Crippen LogP contribution in [0.2, 0.25) is 0 Å². The summed E-state index contributed by atoms with van der Waals surface area (Å²) < 4.78 is 4.58. The molecule has 0 aliphatic rings. The predicted molar refractivity (Wildman–Crippen MR) is 66.1 cm³/mol. The third-order valence-corrected chi connectivity index (χ3v) is 2.72. The minimum atomic E-state index is -0.406. The van der Waals surface area contributed by atoms with Crippen molar-refractivity contribution in [3.05, 3.63) is 47.5 Å². The summed E-state index contributed by atoms with van der Waals surface area (Å²) >= 11 is 0. The Kier molecular flexibility index (Phi) is 4.21. The molecule has 0 radical (unpaired) electrons. The van der Waals surface area contributed by atoms with E-state index < -0.39 is 5.97 Å². The van der Waals surface area contributed by atoms with Gasteiger partial charge in [0.05, 0.1) is 12.7 Å². The molecule has 0 aromatic heterocycles. The van der Waals surface area contributed by atoms with Gasteiger partial charge in [0.1, 0.15) is 0 Å². The number of benzene rings is 1. The normalized spacial score (nSPS) is 11.7. The average molecular weight is 232 g/mol. The molecule has 3 nitrogen and oxygen atoms in total. The molecule has 0 heterocycles. The summed E-state index contributed by atoms with van der Waals surface area (Å²) in [6.07, 6.45) is 0. The second-order valence-corrected chi connectivity index (χ2v) is 4.00. The standard InChI is InChI=1S/C14H16O3/c1-9(2)10(3)13(15)11-5-7-12(8-6-11)14(16)17-4/h5-8,10H,1H2,2-4H3. The molecule has 0 fully saturated rings. The van der Waals surface area contributed by atoms with E-state index in [0.717, 1.165) is 5.57 Å². The van der Waals surface area contributed by atoms with Crippen LogP contribution in [0.15, 0.2) is 36.4 Å². The first-order chi connectivity index (χ1) is 7.97. The van der Waals surface area contributed by atoms with Crippen LogP contribution in [0.3, 0.4) is 0 Å². The molecule has 90 valence electrons. The van der Waals surface area contributed by atoms with Crippen LogP contribution in [0.1, 0.15) is 34.6 Å². The number of carbonyl (C=O) groups excluding carboxylic acids is 2. The van der Waals surface area contributed by atoms with Crippen LogP contribution < -0.4 is 0 Å². The summed E-state index contributed by atoms with van der Waals surface area (Å²) in [7, 11) is 1.32. The van der Waals surface area contributed by atoms with Gasteiger partial charge in [0.15, 0.2) is 5.78 Å². The molecule has 0 N–H and O–H groups in total. The summed E-state index contributed by atoms with van der Waals surface area (Å²) in [5.74, 6) is -0.607. The van der Waals surface area contributed by atoms with E-state index in [4.69, 9.17) is 0 Å². The topological polar surface area (TPSA) is 43.4 Å². The van der Waals surface area contributed by atoms with Crippen LogP contribution in [0.25, 0.3) is 0 Å². The zero-order valence-electron chi connectivity index (χ0n) is 10.3. The quantitative estimate of drug-likeness (QED) is 0.455. The molecule has 0 saturated carbocycles. The van der Waals surface area contributed by atoms with Gasteiger partial charge in [-0.1, -0.05) is 31.2 Å². The van der Waals surface area contributed by atoms with E-state index in [9.17, 15) is 9.59 Å². The number of hydrogen-bond donors (Lipinski definition) is 0. The minimum Gasteiger partial charge on any atom is -0.465 e. The lowest BCUT2D eigenvalue weighted by Gasteiger charge is -2.10. The molecule has 0 spiro atoms. The predicted octanol–water partition coefficient (Wildman–Crippen LogP) is 2.87. The molecule has 1 aromatic rings. The number of rotatable bonds is 4. The maximum atomic E-state index is 12.0. The van der Waals surface area contributed by atoms with Gasteiger partial charge in [-0.15, -0.1) is 0 Å². The molecule has 0 bridgehead atoms. The van der Waals surface area contributed by atoms with Crippen molar-refractivity contribution in [2.45, 2.75) is 13.8 Å². The zero-order chi connectivity index (χ0) is 13.0. The van der Waals surface area contributed by atoms with Crippen molar-refractivity contribution in [3.8, 4) is 0 Å². The summed E-state index contributed by atoms with van der Waals surface area (Å²) in [6, 6.07) is 6.44. The molecule has 1 atom stereocenters. The Balaban J connectivity index is 2.91. The zero-order valence-corrected chi connectivity index (χ0v) is 10.3. The Bertz CT molecular complexity index is 443. The molecule has 1 aromatic carbocycles. The molecular weight excluding hydrogens is 216 g/mol. The Labute approximate surface area is 101 Å². The first kappa shape index (κ1) is 13.2. The largest absolute Gasteiger partial charge is 0.465 e. The number of ketones is 1. The van der Waals surface area contributed by atoms with Gasteiger partial charge in [-0.25, -0.2) is 4.79 Å². The molecule has 0 aliphatic heterocycles. The maximum Gasteiger partial charge on any atom is 0.337 e. The molecule has 17 heavy (non-hydrogen) atoms. The van der Waals surface area contributed by atoms with E-state index in [-0.39, 0.29) is 11.7 Å². The molecule has 0 aliphatic carbocycles. The van der Waals surface area contributed by atoms with Gasteiger partial charge in [-0.05, 0) is 19.1 Å². The summed E-state index contributed by atoms with van der Waals surface area (Å²) in [4.78, 5) is 23.2. The van der Waals surface area contributed by atoms with Crippen LogP contribution in [-0.4, -0.2) is 18.9 Å². The van der Waals surface area contributed by atoms with Gasteiger partial charge in [0, 0.05) is 11.5 Å². The fraction of sp³-hybridized carbons (Fsp3) is 0.286. The Morgan fingerprint density at radius 2 is 1.65 bits per heavy atom. The van der Waals surface area contributed by atoms with Crippen molar-refractivity contribution in [2.24, 2.45) is 5.92 Å². The number of ether oxygens (including phenoxy) is 1. The SMILES string of the molecule is C=C(C)C(C)C(=O)c1ccc(C(=O)OC)cc1. The fourth-order valence-corrected chi connectivity index (χ4v) is 1.36. The number of esters is 1. The van der Waals surface area contributed by atoms with Gasteiger partial charge in [-0.3, -0.25) is 4.79 Å². The summed E-state index contributed by atoms with van der Waals surface area (Å²) in [5.41, 5.74) is 1.84. The summed E-state index contributed by atoms with van der Waals surface area (Å²) in [5, 5.41) is 0. The average Bonchev–Trinajstić information content (AvgIpc) is 2.36. The molecule has 1 unspecified atom stereocenters. The number of Topliss-reactive ketones (excluding diaryl/α,β-unsaturated/α-hetero) is 1. The van der Waals surface area contributed by atoms with E-state index in [1.807, 2.05) is 13.8 Å². The number of hydrogen-bond acceptors (Lipinski definition) is 3. The van der Waals surface area contributed by atoms with Crippen LogP contribution in [0, 0.1) is 5.92 Å². The van der Waals surface area contributed by atoms with E-state index in [1.54, 1.807) is 24.3 Å². The first-order valence-corrected chi connectivity index (χ1v) is 5.35. The smallest absolute Gasteiger partial charge is 0.337 e. The van der Waals surface area contributed by atoms with Crippen LogP contribution in [0.4, 0.5) is 0 Å². The lowest BCUT2D eigenvalue weighted by molar-refractivity contribution is 0.0600. The Morgan fingerprint density at radius 3 is 2.06 bits per heavy atom. The van der Waals surface area contributed by atoms with E-state index in [2.05, 4.69) is 11.3 Å². The highest BCUT2D eigenvalue weighted by atomic mass is 16.5.